The number of esters is 3. The second-order valence-electron chi connectivity index (χ2n) is 15.9. The van der Waals surface area contributed by atoms with Crippen molar-refractivity contribution in [2.75, 3.05) is 11.9 Å². The first-order valence-electron chi connectivity index (χ1n) is 18.4. The molecule has 0 aliphatic carbocycles. The smallest absolute Gasteiger partial charge is 0.308 e. The van der Waals surface area contributed by atoms with Gasteiger partial charge in [-0.2, -0.15) is 9.97 Å². The van der Waals surface area contributed by atoms with Gasteiger partial charge in [0, 0.05) is 48.6 Å². The lowest BCUT2D eigenvalue weighted by atomic mass is 9.78. The lowest BCUT2D eigenvalue weighted by Gasteiger charge is -2.31. The average molecular weight is 802 g/mol. The van der Waals surface area contributed by atoms with Crippen LogP contribution in [0.5, 0.6) is 11.5 Å². The molecule has 1 aliphatic rings. The standard InChI is InChI=1S/C42H48ClN5O9/c1-12-42(20-49)30(56-33(53)19-41(10,11)35-25(5)14-23(3)16-29(35)55-27(7)51)17-32(57-42)48-21-44-36-37(46-39(43)47-38(36)48)45-31(52)18-40(8,9)34-24(4)13-22(2)15-28(34)54-26(6)50/h1,13-16,21,30,32,49H,17-20H2,2-11H3,(H,45,46,47,52)/t30-,32+,42+/m0/s1. The van der Waals surface area contributed by atoms with Gasteiger partial charge in [-0.1, -0.05) is 45.7 Å². The van der Waals surface area contributed by atoms with E-state index in [-0.39, 0.29) is 41.5 Å². The number of rotatable bonds is 12. The number of fused-ring (bicyclic) bond motifs is 1. The Morgan fingerprint density at radius 2 is 1.49 bits per heavy atom. The molecule has 2 aromatic carbocycles. The molecule has 0 radical (unpaired) electrons. The molecule has 1 amide bonds. The van der Waals surface area contributed by atoms with Crippen LogP contribution in [-0.2, 0) is 39.5 Å². The summed E-state index contributed by atoms with van der Waals surface area (Å²) in [5.74, 6) is 1.27. The third-order valence-corrected chi connectivity index (χ3v) is 10.1. The number of aliphatic hydroxyl groups is 1. The Labute approximate surface area is 336 Å². The van der Waals surface area contributed by atoms with Crippen LogP contribution in [0.25, 0.3) is 11.2 Å². The molecule has 1 fully saturated rings. The Balaban J connectivity index is 1.38. The Kier molecular flexibility index (Phi) is 12.2. The van der Waals surface area contributed by atoms with Crippen molar-refractivity contribution in [3.8, 4) is 23.8 Å². The summed E-state index contributed by atoms with van der Waals surface area (Å²) in [5.41, 5.74) is 1.91. The second-order valence-corrected chi connectivity index (χ2v) is 16.2. The number of hydrogen-bond acceptors (Lipinski definition) is 12. The minimum atomic E-state index is -1.72. The van der Waals surface area contributed by atoms with E-state index in [1.807, 2.05) is 67.5 Å². The largest absolute Gasteiger partial charge is 0.458 e. The normalized spacial score (nSPS) is 18.2. The first kappa shape index (κ1) is 42.8. The molecule has 2 N–H and O–H groups in total. The van der Waals surface area contributed by atoms with Crippen LogP contribution in [0.3, 0.4) is 0 Å². The molecule has 0 saturated carbocycles. The number of hydrogen-bond donors (Lipinski definition) is 2. The third kappa shape index (κ3) is 9.12. The minimum absolute atomic E-state index is 0.00270. The van der Waals surface area contributed by atoms with Crippen LogP contribution in [0.4, 0.5) is 5.82 Å². The number of amides is 1. The van der Waals surface area contributed by atoms with Crippen LogP contribution in [-0.4, -0.2) is 66.8 Å². The van der Waals surface area contributed by atoms with Crippen LogP contribution in [0, 0.1) is 40.0 Å². The summed E-state index contributed by atoms with van der Waals surface area (Å²) in [4.78, 5) is 64.2. The van der Waals surface area contributed by atoms with Gasteiger partial charge in [-0.05, 0) is 73.7 Å². The monoisotopic (exact) mass is 801 g/mol. The number of ether oxygens (including phenoxy) is 4. The zero-order chi connectivity index (χ0) is 42.2. The van der Waals surface area contributed by atoms with Gasteiger partial charge >= 0.3 is 17.9 Å². The fourth-order valence-electron chi connectivity index (χ4n) is 7.93. The van der Waals surface area contributed by atoms with Crippen LogP contribution >= 0.6 is 11.6 Å². The van der Waals surface area contributed by atoms with Gasteiger partial charge in [0.05, 0.1) is 19.4 Å². The fourth-order valence-corrected chi connectivity index (χ4v) is 8.10. The van der Waals surface area contributed by atoms with Gasteiger partial charge in [-0.15, -0.1) is 6.42 Å². The highest BCUT2D eigenvalue weighted by Gasteiger charge is 2.51. The summed E-state index contributed by atoms with van der Waals surface area (Å²) in [5, 5.41) is 13.1. The molecule has 1 saturated heterocycles. The van der Waals surface area contributed by atoms with Crippen LogP contribution in [0.2, 0.25) is 5.28 Å². The Bertz CT molecular complexity index is 2310. The van der Waals surface area contributed by atoms with E-state index in [1.165, 1.54) is 24.7 Å². The van der Waals surface area contributed by atoms with E-state index >= 15 is 0 Å². The SMILES string of the molecule is C#C[C@]1(CO)O[C@@H](n2cnc3c(NC(=O)CC(C)(C)c4c(C)cc(C)cc4OC(C)=O)nc(Cl)nc32)C[C@@H]1OC(=O)CC(C)(C)c1c(C)cc(C)cc1OC(C)=O. The number of nitrogens with zero attached hydrogens (tertiary/aromatic N) is 4. The molecule has 4 aromatic rings. The molecular weight excluding hydrogens is 754 g/mol. The van der Waals surface area contributed by atoms with Crippen molar-refractivity contribution in [2.24, 2.45) is 0 Å². The highest BCUT2D eigenvalue weighted by atomic mass is 35.5. The van der Waals surface area contributed by atoms with Gasteiger partial charge in [0.2, 0.25) is 11.2 Å². The number of aliphatic hydroxyl groups excluding tert-OH is 1. The fraction of sp³-hybridized carbons (Fsp3) is 0.452. The maximum Gasteiger partial charge on any atom is 0.308 e. The number of imidazole rings is 1. The van der Waals surface area contributed by atoms with Crippen LogP contribution in [0.1, 0.15) is 100 Å². The summed E-state index contributed by atoms with van der Waals surface area (Å²) in [6.07, 6.45) is 5.15. The lowest BCUT2D eigenvalue weighted by molar-refractivity contribution is -0.160. The Morgan fingerprint density at radius 3 is 2.00 bits per heavy atom. The van der Waals surface area contributed by atoms with Gasteiger partial charge < -0.3 is 29.4 Å². The number of carbonyl (C=O) groups excluding carboxylic acids is 4. The molecule has 3 atom stereocenters. The number of anilines is 1. The summed E-state index contributed by atoms with van der Waals surface area (Å²) >= 11 is 6.38. The molecule has 5 rings (SSSR count). The number of aromatic nitrogens is 4. The van der Waals surface area contributed by atoms with E-state index < -0.39 is 59.2 Å². The molecule has 302 valence electrons. The highest BCUT2D eigenvalue weighted by Crippen LogP contribution is 2.43. The maximum atomic E-state index is 13.7. The topological polar surface area (TPSA) is 181 Å². The summed E-state index contributed by atoms with van der Waals surface area (Å²) in [6, 6.07) is 7.42. The van der Waals surface area contributed by atoms with Crippen LogP contribution < -0.4 is 14.8 Å². The number of halogens is 1. The highest BCUT2D eigenvalue weighted by molar-refractivity contribution is 6.28. The third-order valence-electron chi connectivity index (χ3n) is 9.93. The average Bonchev–Trinajstić information content (AvgIpc) is 3.64. The molecule has 14 nitrogen and oxygen atoms in total. The van der Waals surface area contributed by atoms with Gasteiger partial charge in [-0.3, -0.25) is 23.7 Å². The van der Waals surface area contributed by atoms with Crippen molar-refractivity contribution in [1.82, 2.24) is 19.5 Å². The molecule has 1 aliphatic heterocycles. The number of benzene rings is 2. The van der Waals surface area contributed by atoms with Gasteiger partial charge in [0.25, 0.3) is 0 Å². The molecular formula is C42H48ClN5O9. The Hall–Kier alpha value is -5.36. The Morgan fingerprint density at radius 1 is 0.947 bits per heavy atom. The molecule has 0 bridgehead atoms. The van der Waals surface area contributed by atoms with Crippen molar-refractivity contribution in [3.63, 3.8) is 0 Å². The molecule has 0 spiro atoms. The summed E-state index contributed by atoms with van der Waals surface area (Å²) in [6.45, 7) is 17.0. The molecule has 57 heavy (non-hydrogen) atoms. The van der Waals surface area contributed by atoms with Gasteiger partial charge in [0.15, 0.2) is 22.6 Å². The quantitative estimate of drug-likeness (QED) is 0.0695. The van der Waals surface area contributed by atoms with Gasteiger partial charge in [-0.25, -0.2) is 4.98 Å². The number of carbonyl (C=O) groups is 4. The van der Waals surface area contributed by atoms with E-state index in [0.717, 1.165) is 22.3 Å². The zero-order valence-electron chi connectivity index (χ0n) is 33.8. The summed E-state index contributed by atoms with van der Waals surface area (Å²) < 4.78 is 24.8. The number of aryl methyl sites for hydroxylation is 4. The van der Waals surface area contributed by atoms with Crippen molar-refractivity contribution >= 4 is 52.4 Å². The molecule has 3 heterocycles. The van der Waals surface area contributed by atoms with Crippen molar-refractivity contribution in [2.45, 2.75) is 117 Å². The van der Waals surface area contributed by atoms with E-state index in [9.17, 15) is 24.3 Å². The first-order valence-corrected chi connectivity index (χ1v) is 18.7. The van der Waals surface area contributed by atoms with Gasteiger partial charge in [0.1, 0.15) is 23.8 Å². The van der Waals surface area contributed by atoms with Crippen molar-refractivity contribution in [3.05, 3.63) is 69.3 Å². The van der Waals surface area contributed by atoms with Crippen molar-refractivity contribution < 1.29 is 43.2 Å². The van der Waals surface area contributed by atoms with Crippen molar-refractivity contribution in [1.29, 1.82) is 0 Å². The summed E-state index contributed by atoms with van der Waals surface area (Å²) in [7, 11) is 0. The number of nitrogens with one attached hydrogen (secondary N) is 1. The van der Waals surface area contributed by atoms with E-state index in [1.54, 1.807) is 12.1 Å². The molecule has 0 unspecified atom stereocenters. The lowest BCUT2D eigenvalue weighted by Crippen LogP contribution is -2.44. The first-order chi connectivity index (χ1) is 26.6. The van der Waals surface area contributed by atoms with E-state index in [0.29, 0.717) is 22.6 Å². The minimum Gasteiger partial charge on any atom is -0.458 e. The predicted octanol–water partition coefficient (Wildman–Crippen LogP) is 6.43. The molecule has 15 heteroatoms. The maximum absolute atomic E-state index is 13.7. The zero-order valence-corrected chi connectivity index (χ0v) is 34.6. The van der Waals surface area contributed by atoms with E-state index in [2.05, 4.69) is 26.2 Å². The molecule has 2 aromatic heterocycles. The van der Waals surface area contributed by atoms with Crippen LogP contribution in [0.15, 0.2) is 30.6 Å². The second kappa shape index (κ2) is 16.2. The predicted molar refractivity (Wildman–Crippen MR) is 212 cm³/mol. The van der Waals surface area contributed by atoms with E-state index in [4.69, 9.17) is 37.0 Å². The number of terminal acetylenes is 1.